The van der Waals surface area contributed by atoms with Gasteiger partial charge in [-0.2, -0.15) is 22.0 Å². The van der Waals surface area contributed by atoms with E-state index in [2.05, 4.69) is 20.8 Å². The maximum Gasteiger partial charge on any atom is 0.449 e. The summed E-state index contributed by atoms with van der Waals surface area (Å²) in [6, 6.07) is 0. The number of ether oxygens (including phenoxy) is 3. The number of hydrogen-bond acceptors (Lipinski definition) is 5. The van der Waals surface area contributed by atoms with Gasteiger partial charge in [-0.15, -0.1) is 0 Å². The summed E-state index contributed by atoms with van der Waals surface area (Å²) in [7, 11) is 0.720. The third-order valence-electron chi connectivity index (χ3n) is 2.83. The van der Waals surface area contributed by atoms with Crippen LogP contribution in [0, 0.1) is 0 Å². The number of hydrogen-bond donors (Lipinski definition) is 1. The molecule has 0 aromatic carbocycles. The van der Waals surface area contributed by atoms with Gasteiger partial charge in [-0.3, -0.25) is 0 Å². The molecule has 0 amide bonds. The zero-order valence-electron chi connectivity index (χ0n) is 11.0. The normalized spacial score (nSPS) is 32.0. The number of carbonyl (C=O) groups excluding carboxylic acids is 1. The number of aliphatic hydroxyl groups is 1. The first-order valence-electron chi connectivity index (χ1n) is 5.58. The predicted octanol–water partition coefficient (Wildman–Crippen LogP) is 1.41. The highest BCUT2D eigenvalue weighted by molar-refractivity contribution is 5.86. The van der Waals surface area contributed by atoms with Crippen molar-refractivity contribution in [2.45, 2.75) is 37.0 Å². The summed E-state index contributed by atoms with van der Waals surface area (Å²) in [6.07, 6.45) is -10.2. The lowest BCUT2D eigenvalue weighted by molar-refractivity contribution is -0.409. The van der Waals surface area contributed by atoms with Crippen LogP contribution in [0.3, 0.4) is 0 Å². The summed E-state index contributed by atoms with van der Waals surface area (Å²) in [4.78, 5) is 11.1. The first-order valence-corrected chi connectivity index (χ1v) is 5.58. The van der Waals surface area contributed by atoms with Gasteiger partial charge in [0.2, 0.25) is 0 Å². The van der Waals surface area contributed by atoms with Crippen LogP contribution in [0.25, 0.3) is 0 Å². The van der Waals surface area contributed by atoms with Crippen LogP contribution < -0.4 is 0 Å². The van der Waals surface area contributed by atoms with Gasteiger partial charge in [0.05, 0.1) is 0 Å². The Kier molecular flexibility index (Phi) is 4.66. The van der Waals surface area contributed by atoms with Crippen molar-refractivity contribution in [3.8, 4) is 0 Å². The predicted molar refractivity (Wildman–Crippen MR) is 57.4 cm³/mol. The zero-order valence-corrected chi connectivity index (χ0v) is 11.0. The van der Waals surface area contributed by atoms with Gasteiger partial charge < -0.3 is 19.3 Å². The van der Waals surface area contributed by atoms with Crippen molar-refractivity contribution >= 4 is 5.97 Å². The molecule has 3 atom stereocenters. The summed E-state index contributed by atoms with van der Waals surface area (Å²) in [5.41, 5.74) is -0.0835. The third-order valence-corrected chi connectivity index (χ3v) is 2.83. The number of alkyl halides is 5. The summed E-state index contributed by atoms with van der Waals surface area (Å²) in [5.74, 6) is -10.5. The summed E-state index contributed by atoms with van der Waals surface area (Å²) in [6.45, 7) is 3.51. The maximum atomic E-state index is 13.7. The molecule has 1 fully saturated rings. The number of rotatable bonds is 4. The highest BCUT2D eigenvalue weighted by atomic mass is 19.4. The van der Waals surface area contributed by atoms with E-state index in [-0.39, 0.29) is 5.57 Å². The average molecular weight is 320 g/mol. The first kappa shape index (κ1) is 17.8. The average Bonchev–Trinajstić information content (AvgIpc) is 2.53. The fraction of sp³-hybridized carbons (Fsp3) is 0.727. The van der Waals surface area contributed by atoms with Crippen molar-refractivity contribution < 1.29 is 46.1 Å². The lowest BCUT2D eigenvalue weighted by atomic mass is 10.0. The van der Waals surface area contributed by atoms with E-state index < -0.39 is 42.7 Å². The molecule has 1 saturated heterocycles. The van der Waals surface area contributed by atoms with Crippen LogP contribution in [0.15, 0.2) is 12.2 Å². The fourth-order valence-corrected chi connectivity index (χ4v) is 1.74. The van der Waals surface area contributed by atoms with Crippen molar-refractivity contribution in [3.63, 3.8) is 0 Å². The van der Waals surface area contributed by atoms with E-state index in [0.29, 0.717) is 0 Å². The minimum absolute atomic E-state index is 0.0835. The number of methoxy groups -OCH3 is 1. The van der Waals surface area contributed by atoms with Crippen molar-refractivity contribution in [1.82, 2.24) is 0 Å². The first-order chi connectivity index (χ1) is 9.38. The van der Waals surface area contributed by atoms with E-state index in [1.165, 1.54) is 6.92 Å². The smallest absolute Gasteiger partial charge is 0.449 e. The topological polar surface area (TPSA) is 65.0 Å². The van der Waals surface area contributed by atoms with Gasteiger partial charge in [0.25, 0.3) is 0 Å². The van der Waals surface area contributed by atoms with E-state index in [4.69, 9.17) is 5.11 Å². The highest BCUT2D eigenvalue weighted by Gasteiger charge is 2.80. The Hall–Kier alpha value is -1.26. The van der Waals surface area contributed by atoms with Crippen LogP contribution in [0.5, 0.6) is 0 Å². The third kappa shape index (κ3) is 2.87. The van der Waals surface area contributed by atoms with E-state index in [0.717, 1.165) is 7.11 Å². The van der Waals surface area contributed by atoms with Gasteiger partial charge in [0, 0.05) is 12.7 Å². The molecule has 0 saturated carbocycles. The largest absolute Gasteiger partial charge is 0.459 e. The molecule has 1 aliphatic rings. The number of carbonyl (C=O) groups is 1. The summed E-state index contributed by atoms with van der Waals surface area (Å²) in [5, 5.41) is 9.17. The minimum atomic E-state index is -5.76. The van der Waals surface area contributed by atoms with Crippen LogP contribution in [0.4, 0.5) is 22.0 Å². The fourth-order valence-electron chi connectivity index (χ4n) is 1.74. The molecule has 0 aliphatic carbocycles. The minimum Gasteiger partial charge on any atom is -0.459 e. The van der Waals surface area contributed by atoms with Crippen molar-refractivity contribution in [1.29, 1.82) is 0 Å². The number of halogens is 5. The highest BCUT2D eigenvalue weighted by Crippen LogP contribution is 2.51. The second-order valence-electron chi connectivity index (χ2n) is 4.46. The second kappa shape index (κ2) is 5.50. The van der Waals surface area contributed by atoms with Gasteiger partial charge in [-0.05, 0) is 6.92 Å². The Labute approximate surface area is 116 Å². The van der Waals surface area contributed by atoms with E-state index in [1.54, 1.807) is 0 Å². The molecule has 3 unspecified atom stereocenters. The standard InChI is InChI=1S/C11H13F5O5/c1-5(2)8(17)20-4-6-7(19-3)9(12,13)10(18,21-6)11(14,15)16/h6-7,18H,1,4H2,2-3H3. The molecule has 10 heteroatoms. The Morgan fingerprint density at radius 1 is 1.43 bits per heavy atom. The second-order valence-corrected chi connectivity index (χ2v) is 4.46. The van der Waals surface area contributed by atoms with E-state index in [9.17, 15) is 26.7 Å². The molecule has 0 aromatic heterocycles. The quantitative estimate of drug-likeness (QED) is 0.482. The van der Waals surface area contributed by atoms with Crippen LogP contribution >= 0.6 is 0 Å². The SMILES string of the molecule is C=C(C)C(=O)OCC1OC(O)(C(F)(F)F)C(F)(F)C1OC. The van der Waals surface area contributed by atoms with Gasteiger partial charge in [0.1, 0.15) is 12.7 Å². The van der Waals surface area contributed by atoms with Gasteiger partial charge in [-0.1, -0.05) is 6.58 Å². The molecule has 21 heavy (non-hydrogen) atoms. The molecule has 1 N–H and O–H groups in total. The number of esters is 1. The van der Waals surface area contributed by atoms with E-state index in [1.807, 2.05) is 0 Å². The molecule has 0 spiro atoms. The van der Waals surface area contributed by atoms with Crippen molar-refractivity contribution in [2.24, 2.45) is 0 Å². The Morgan fingerprint density at radius 3 is 2.33 bits per heavy atom. The molecular formula is C11H13F5O5. The van der Waals surface area contributed by atoms with Gasteiger partial charge >= 0.3 is 23.9 Å². The summed E-state index contributed by atoms with van der Waals surface area (Å²) >= 11 is 0. The lowest BCUT2D eigenvalue weighted by Crippen LogP contribution is -2.59. The lowest BCUT2D eigenvalue weighted by Gasteiger charge is -2.30. The Morgan fingerprint density at radius 2 is 1.95 bits per heavy atom. The Balaban J connectivity index is 2.98. The van der Waals surface area contributed by atoms with Crippen LogP contribution in [0.1, 0.15) is 6.92 Å². The molecule has 5 nitrogen and oxygen atoms in total. The molecule has 1 aliphatic heterocycles. The molecule has 0 bridgehead atoms. The summed E-state index contributed by atoms with van der Waals surface area (Å²) < 4.78 is 78.0. The van der Waals surface area contributed by atoms with Crippen LogP contribution in [-0.4, -0.2) is 54.9 Å². The van der Waals surface area contributed by atoms with Crippen LogP contribution in [0.2, 0.25) is 0 Å². The molecule has 1 rings (SSSR count). The molecule has 0 radical (unpaired) electrons. The van der Waals surface area contributed by atoms with Crippen molar-refractivity contribution in [3.05, 3.63) is 12.2 Å². The van der Waals surface area contributed by atoms with Crippen LogP contribution in [-0.2, 0) is 19.0 Å². The molecule has 0 aromatic rings. The monoisotopic (exact) mass is 320 g/mol. The molecular weight excluding hydrogens is 307 g/mol. The van der Waals surface area contributed by atoms with Gasteiger partial charge in [0.15, 0.2) is 6.10 Å². The Bertz CT molecular complexity index is 435. The van der Waals surface area contributed by atoms with Crippen molar-refractivity contribution in [2.75, 3.05) is 13.7 Å². The molecule has 1 heterocycles. The maximum absolute atomic E-state index is 13.7. The molecule has 122 valence electrons. The zero-order chi connectivity index (χ0) is 16.6. The van der Waals surface area contributed by atoms with Gasteiger partial charge in [-0.25, -0.2) is 4.79 Å². The van der Waals surface area contributed by atoms with E-state index >= 15 is 0 Å².